The molecule has 0 bridgehead atoms. The lowest BCUT2D eigenvalue weighted by atomic mass is 9.33. The average Bonchev–Trinajstić information content (AvgIpc) is 3.43. The topological polar surface area (TPSA) is 146 Å². The maximum absolute atomic E-state index is 14.3. The van der Waals surface area contributed by atoms with E-state index in [1.165, 1.54) is 12.5 Å². The van der Waals surface area contributed by atoms with Gasteiger partial charge >= 0.3 is 11.9 Å². The molecule has 4 saturated carbocycles. The number of aliphatic hydroxyl groups is 1. The van der Waals surface area contributed by atoms with Gasteiger partial charge in [0, 0.05) is 56.6 Å². The van der Waals surface area contributed by atoms with Crippen LogP contribution in [0.25, 0.3) is 0 Å². The number of amides is 1. The number of nitrogens with zero attached hydrogens (tertiary/aromatic N) is 2. The molecular formula is C47H71N3O7. The fourth-order valence-corrected chi connectivity index (χ4v) is 13.7. The molecule has 3 N–H and O–H groups in total. The lowest BCUT2D eigenvalue weighted by Crippen LogP contribution is -2.66. The van der Waals surface area contributed by atoms with E-state index in [9.17, 15) is 29.4 Å². The van der Waals surface area contributed by atoms with Crippen molar-refractivity contribution in [1.29, 1.82) is 0 Å². The molecule has 0 spiro atoms. The van der Waals surface area contributed by atoms with Crippen LogP contribution < -0.4 is 5.32 Å². The van der Waals surface area contributed by atoms with Crippen LogP contribution in [-0.2, 0) is 30.5 Å². The fourth-order valence-electron chi connectivity index (χ4n) is 13.7. The molecule has 9 atom stereocenters. The number of ether oxygens (including phenoxy) is 1. The quantitative estimate of drug-likeness (QED) is 0.171. The molecule has 1 heterocycles. The normalized spacial score (nSPS) is 35.2. The van der Waals surface area contributed by atoms with Gasteiger partial charge in [-0.25, -0.2) is 0 Å². The van der Waals surface area contributed by atoms with Crippen molar-refractivity contribution in [2.75, 3.05) is 19.6 Å². The van der Waals surface area contributed by atoms with Crippen LogP contribution in [0.4, 0.5) is 0 Å². The van der Waals surface area contributed by atoms with E-state index in [2.05, 4.69) is 63.7 Å². The number of carbonyl (C=O) groups excluding carboxylic acids is 3. The number of aromatic nitrogens is 1. The van der Waals surface area contributed by atoms with Gasteiger partial charge in [-0.15, -0.1) is 0 Å². The summed E-state index contributed by atoms with van der Waals surface area (Å²) in [6.45, 7) is 23.0. The number of aliphatic hydroxyl groups excluding tert-OH is 1. The summed E-state index contributed by atoms with van der Waals surface area (Å²) >= 11 is 0. The number of hydrogen-bond donors (Lipinski definition) is 3. The third-order valence-electron chi connectivity index (χ3n) is 16.8. The van der Waals surface area contributed by atoms with Crippen molar-refractivity contribution in [3.63, 3.8) is 0 Å². The summed E-state index contributed by atoms with van der Waals surface area (Å²) in [6, 6.07) is 5.85. The zero-order valence-corrected chi connectivity index (χ0v) is 36.5. The number of fused-ring (bicyclic) bond motifs is 7. The van der Waals surface area contributed by atoms with Crippen LogP contribution in [0.3, 0.4) is 0 Å². The van der Waals surface area contributed by atoms with Gasteiger partial charge in [-0.05, 0) is 123 Å². The lowest BCUT2D eigenvalue weighted by Gasteiger charge is -2.72. The van der Waals surface area contributed by atoms with Crippen LogP contribution in [0, 0.1) is 56.2 Å². The molecular weight excluding hydrogens is 719 g/mol. The molecule has 10 heteroatoms. The summed E-state index contributed by atoms with van der Waals surface area (Å²) in [5.41, 5.74) is 0.994. The second-order valence-corrected chi connectivity index (χ2v) is 21.1. The Kier molecular flexibility index (Phi) is 11.8. The van der Waals surface area contributed by atoms with Crippen LogP contribution in [0.15, 0.2) is 35.5 Å². The molecule has 1 aromatic rings. The number of carbonyl (C=O) groups is 4. The van der Waals surface area contributed by atoms with E-state index >= 15 is 0 Å². The molecule has 4 fully saturated rings. The maximum Gasteiger partial charge on any atom is 0.309 e. The smallest absolute Gasteiger partial charge is 0.309 e. The molecule has 0 unspecified atom stereocenters. The molecule has 0 aromatic carbocycles. The van der Waals surface area contributed by atoms with Crippen LogP contribution in [0.5, 0.6) is 0 Å². The first-order valence-electron chi connectivity index (χ1n) is 21.8. The first kappa shape index (κ1) is 43.5. The highest BCUT2D eigenvalue weighted by molar-refractivity contribution is 6.00. The highest BCUT2D eigenvalue weighted by atomic mass is 16.5. The Balaban J connectivity index is 1.28. The predicted octanol–water partition coefficient (Wildman–Crippen LogP) is 7.77. The molecule has 5 aliphatic rings. The van der Waals surface area contributed by atoms with Crippen molar-refractivity contribution < 1.29 is 34.1 Å². The van der Waals surface area contributed by atoms with Crippen LogP contribution >= 0.6 is 0 Å². The molecule has 1 amide bonds. The van der Waals surface area contributed by atoms with Crippen LogP contribution in [0.2, 0.25) is 0 Å². The minimum absolute atomic E-state index is 0.00743. The minimum atomic E-state index is -1.18. The number of nitrogens with one attached hydrogen (secondary N) is 1. The van der Waals surface area contributed by atoms with E-state index in [0.29, 0.717) is 44.4 Å². The number of rotatable bonds is 13. The van der Waals surface area contributed by atoms with Gasteiger partial charge in [0.05, 0.1) is 23.6 Å². The standard InChI is InChI=1S/C47H71N3O7/c1-29(2)39-33(52)25-47(36(53)28-50(24-23-48-30(3)51)27-31-13-11-12-22-49-31)21-20-45(9)32(40(39)47)14-15-35-44(8)18-17-37(57-38(54)26-42(4,5)41(55)56)43(6,7)34(44)16-19-46(35,45)10/h11-13,22,29,32,34-37,53H,14-21,23-28H2,1-10H3,(H,48,51)(H,55,56)/t32-,34-,35-,36+,37+,44+,45-,46-,47+/m1/s1. The fraction of sp³-hybridized carbons (Fsp3) is 0.766. The number of carboxylic acid groups (broad SMARTS) is 1. The summed E-state index contributed by atoms with van der Waals surface area (Å²) in [5, 5.41) is 25.2. The van der Waals surface area contributed by atoms with Crippen LogP contribution in [-0.4, -0.2) is 75.6 Å². The van der Waals surface area contributed by atoms with Gasteiger partial charge < -0.3 is 20.3 Å². The lowest BCUT2D eigenvalue weighted by molar-refractivity contribution is -0.235. The number of hydrogen-bond acceptors (Lipinski definition) is 8. The van der Waals surface area contributed by atoms with E-state index in [1.54, 1.807) is 20.0 Å². The monoisotopic (exact) mass is 790 g/mol. The zero-order valence-electron chi connectivity index (χ0n) is 36.5. The second-order valence-electron chi connectivity index (χ2n) is 21.1. The SMILES string of the molecule is CC(=O)NCCN(Cc1ccccn1)C[C@H](O)[C@@]12CC[C@]3(C)[C@H](CC[C@@H]4[C@@]5(C)CC[C@H](OC(=O)CC(C)(C)C(=O)O)C(C)(C)[C@H]5CC[C@]43C)C1=C(C(C)C)C(=O)C2. The van der Waals surface area contributed by atoms with Gasteiger partial charge in [0.15, 0.2) is 5.78 Å². The highest BCUT2D eigenvalue weighted by Crippen LogP contribution is 2.77. The highest BCUT2D eigenvalue weighted by Gasteiger charge is 2.71. The molecule has 0 saturated heterocycles. The van der Waals surface area contributed by atoms with Crippen molar-refractivity contribution in [2.24, 2.45) is 56.2 Å². The van der Waals surface area contributed by atoms with E-state index in [0.717, 1.165) is 62.6 Å². The number of esters is 1. The van der Waals surface area contributed by atoms with Crippen molar-refractivity contribution in [3.8, 4) is 0 Å². The van der Waals surface area contributed by atoms with Gasteiger partial charge in [0.2, 0.25) is 5.91 Å². The van der Waals surface area contributed by atoms with Gasteiger partial charge in [-0.3, -0.25) is 29.1 Å². The number of aliphatic carboxylic acids is 1. The Morgan fingerprint density at radius 3 is 2.33 bits per heavy atom. The predicted molar refractivity (Wildman–Crippen MR) is 220 cm³/mol. The summed E-state index contributed by atoms with van der Waals surface area (Å²) in [7, 11) is 0. The maximum atomic E-state index is 14.3. The zero-order chi connectivity index (χ0) is 41.9. The van der Waals surface area contributed by atoms with Crippen molar-refractivity contribution in [2.45, 2.75) is 152 Å². The molecule has 0 radical (unpaired) electrons. The number of Topliss-reactive ketones (excluding diaryl/α,β-unsaturated/α-hetero) is 1. The van der Waals surface area contributed by atoms with E-state index in [1.807, 2.05) is 18.2 Å². The number of pyridine rings is 1. The molecule has 10 nitrogen and oxygen atoms in total. The summed E-state index contributed by atoms with van der Waals surface area (Å²) < 4.78 is 6.18. The summed E-state index contributed by atoms with van der Waals surface area (Å²) in [4.78, 5) is 57.8. The van der Waals surface area contributed by atoms with Gasteiger partial charge in [0.25, 0.3) is 0 Å². The Labute approximate surface area is 341 Å². The first-order chi connectivity index (χ1) is 26.5. The number of allylic oxidation sites excluding steroid dienone is 1. The first-order valence-corrected chi connectivity index (χ1v) is 21.8. The summed E-state index contributed by atoms with van der Waals surface area (Å²) in [6.07, 6.45) is 8.49. The third-order valence-corrected chi connectivity index (χ3v) is 16.8. The molecule has 1 aromatic heterocycles. The summed E-state index contributed by atoms with van der Waals surface area (Å²) in [5.74, 6) is -0.277. The van der Waals surface area contributed by atoms with Gasteiger partial charge in [-0.2, -0.15) is 0 Å². The van der Waals surface area contributed by atoms with Gasteiger partial charge in [-0.1, -0.05) is 60.1 Å². The van der Waals surface area contributed by atoms with E-state index < -0.39 is 28.9 Å². The Morgan fingerprint density at radius 1 is 0.982 bits per heavy atom. The Hall–Kier alpha value is -3.11. The van der Waals surface area contributed by atoms with Crippen molar-refractivity contribution in [3.05, 3.63) is 41.2 Å². The molecule has 0 aliphatic heterocycles. The van der Waals surface area contributed by atoms with E-state index in [4.69, 9.17) is 4.74 Å². The van der Waals surface area contributed by atoms with Gasteiger partial charge in [0.1, 0.15) is 6.10 Å². The van der Waals surface area contributed by atoms with E-state index in [-0.39, 0.29) is 57.7 Å². The molecule has 57 heavy (non-hydrogen) atoms. The molecule has 316 valence electrons. The third kappa shape index (κ3) is 7.42. The average molecular weight is 790 g/mol. The number of carboxylic acids is 1. The largest absolute Gasteiger partial charge is 0.481 e. The Bertz CT molecular complexity index is 1760. The Morgan fingerprint density at radius 2 is 1.70 bits per heavy atom. The van der Waals surface area contributed by atoms with Crippen molar-refractivity contribution in [1.82, 2.24) is 15.2 Å². The number of ketones is 1. The van der Waals surface area contributed by atoms with Crippen molar-refractivity contribution >= 4 is 23.6 Å². The second kappa shape index (κ2) is 15.5. The molecule has 6 rings (SSSR count). The molecule has 5 aliphatic carbocycles. The van der Waals surface area contributed by atoms with Crippen LogP contribution in [0.1, 0.15) is 139 Å². The minimum Gasteiger partial charge on any atom is -0.481 e.